The molecule has 0 unspecified atom stereocenters. The van der Waals surface area contributed by atoms with Crippen LogP contribution < -0.4 is 0 Å². The normalized spacial score (nSPS) is 30.7. The van der Waals surface area contributed by atoms with Crippen LogP contribution in [0.4, 0.5) is 0 Å². The fourth-order valence-corrected chi connectivity index (χ4v) is 9.78. The second kappa shape index (κ2) is 16.2. The third-order valence-corrected chi connectivity index (χ3v) is 12.2. The van der Waals surface area contributed by atoms with Gasteiger partial charge in [-0.2, -0.15) is 0 Å². The molecule has 260 valence electrons. The van der Waals surface area contributed by atoms with E-state index < -0.39 is 0 Å². The number of amides is 3. The Morgan fingerprint density at radius 2 is 1.34 bits per heavy atom. The topological polar surface area (TPSA) is 112 Å². The van der Waals surface area contributed by atoms with Gasteiger partial charge in [0.1, 0.15) is 11.1 Å². The van der Waals surface area contributed by atoms with Gasteiger partial charge in [0.05, 0.1) is 5.70 Å². The zero-order valence-corrected chi connectivity index (χ0v) is 28.8. The number of hydrogen-bond donors (Lipinski definition) is 0. The van der Waals surface area contributed by atoms with Crippen molar-refractivity contribution in [2.24, 2.45) is 11.8 Å². The van der Waals surface area contributed by atoms with Crippen LogP contribution in [-0.2, 0) is 28.8 Å². The van der Waals surface area contributed by atoms with Gasteiger partial charge in [-0.15, -0.1) is 0 Å². The molecule has 4 aliphatic heterocycles. The molecule has 2 spiro atoms. The van der Waals surface area contributed by atoms with Crippen LogP contribution in [0.15, 0.2) is 24.4 Å². The highest BCUT2D eigenvalue weighted by atomic mass is 79.9. The maximum absolute atomic E-state index is 12.1. The average Bonchev–Trinajstić information content (AvgIpc) is 3.81. The molecular formula is C37H54BrN3O6. The van der Waals surface area contributed by atoms with E-state index in [2.05, 4.69) is 22.5 Å². The van der Waals surface area contributed by atoms with Crippen LogP contribution in [0.5, 0.6) is 0 Å². The molecule has 4 saturated heterocycles. The fourth-order valence-electron chi connectivity index (χ4n) is 9.39. The summed E-state index contributed by atoms with van der Waals surface area (Å²) in [5.41, 5.74) is -0.124. The molecule has 6 fully saturated rings. The number of allylic oxidation sites excluding steroid dienone is 2. The number of rotatable bonds is 6. The van der Waals surface area contributed by atoms with E-state index in [-0.39, 0.29) is 42.0 Å². The molecule has 3 aliphatic carbocycles. The van der Waals surface area contributed by atoms with Gasteiger partial charge in [-0.1, -0.05) is 48.9 Å². The maximum atomic E-state index is 12.1. The predicted molar refractivity (Wildman–Crippen MR) is 185 cm³/mol. The highest BCUT2D eigenvalue weighted by Gasteiger charge is 2.59. The molecule has 0 bridgehead atoms. The summed E-state index contributed by atoms with van der Waals surface area (Å²) in [4.78, 5) is 76.5. The summed E-state index contributed by atoms with van der Waals surface area (Å²) in [6, 6.07) is 0. The third kappa shape index (κ3) is 7.09. The van der Waals surface area contributed by atoms with Gasteiger partial charge < -0.3 is 14.7 Å². The Labute approximate surface area is 289 Å². The van der Waals surface area contributed by atoms with E-state index in [0.29, 0.717) is 67.7 Å². The molecular weight excluding hydrogens is 662 g/mol. The van der Waals surface area contributed by atoms with Crippen LogP contribution in [0.1, 0.15) is 123 Å². The molecule has 47 heavy (non-hydrogen) atoms. The number of hydrogen-bond acceptors (Lipinski definition) is 6. The Morgan fingerprint density at radius 3 is 1.79 bits per heavy atom. The minimum Gasteiger partial charge on any atom is -0.330 e. The number of alkyl halides is 1. The monoisotopic (exact) mass is 715 g/mol. The van der Waals surface area contributed by atoms with Gasteiger partial charge in [0, 0.05) is 57.1 Å². The summed E-state index contributed by atoms with van der Waals surface area (Å²) >= 11 is 3.34. The number of halogens is 1. The molecule has 4 atom stereocenters. The molecule has 4 heterocycles. The second-order valence-corrected chi connectivity index (χ2v) is 14.7. The molecule has 2 saturated carbocycles. The summed E-state index contributed by atoms with van der Waals surface area (Å²) in [6.45, 7) is 5.70. The van der Waals surface area contributed by atoms with Gasteiger partial charge in [0.25, 0.3) is 0 Å². The largest absolute Gasteiger partial charge is 0.330 e. The van der Waals surface area contributed by atoms with Crippen LogP contribution in [0.3, 0.4) is 0 Å². The third-order valence-electron chi connectivity index (χ3n) is 11.6. The van der Waals surface area contributed by atoms with E-state index >= 15 is 0 Å². The van der Waals surface area contributed by atoms with Crippen molar-refractivity contribution in [2.75, 3.05) is 25.0 Å². The number of carbonyl (C=O) groups excluding carboxylic acids is 6. The molecule has 7 rings (SSSR count). The van der Waals surface area contributed by atoms with Gasteiger partial charge in [0.2, 0.25) is 17.7 Å². The van der Waals surface area contributed by atoms with Crippen molar-refractivity contribution in [3.8, 4) is 0 Å². The fraction of sp³-hybridized carbons (Fsp3) is 0.730. The van der Waals surface area contributed by atoms with Crippen molar-refractivity contribution < 1.29 is 28.8 Å². The molecule has 0 aromatic carbocycles. The Hall–Kier alpha value is -2.62. The Bertz CT molecular complexity index is 1220. The van der Waals surface area contributed by atoms with Crippen molar-refractivity contribution in [2.45, 2.75) is 134 Å². The summed E-state index contributed by atoms with van der Waals surface area (Å²) in [5, 5.41) is 0.913. The van der Waals surface area contributed by atoms with E-state index in [1.165, 1.54) is 18.9 Å². The molecule has 10 heteroatoms. The average molecular weight is 717 g/mol. The standard InChI is InChI=1S/C12H16BrNO2.2C12H17NO2.CH4/c1-2-12(16)14(9-4-3-8-13)10-6-5-7-11(10)15;2*14-10-5-4-9-3-1-2-8-13-11(15)6-7-12(9,10)13;/h2,6H,1,3-5,7-9H2;2*9H,1-8H2;1H4/t;9-,12+;9-,12-;/m.00./s1. The van der Waals surface area contributed by atoms with E-state index in [1.54, 1.807) is 4.90 Å². The molecule has 0 aromatic heterocycles. The van der Waals surface area contributed by atoms with Crippen molar-refractivity contribution in [1.29, 1.82) is 0 Å². The SMILES string of the molecule is C.C=CC(=O)N(CCCCBr)C1=CCCC1=O.O=C1CC[C@@]23C(=O)CC[C@@H]2CCCCN13.O=C1CC[C@]23C(=O)CC[C@@H]2CCCCN13. The summed E-state index contributed by atoms with van der Waals surface area (Å²) in [5.74, 6) is 1.96. The Morgan fingerprint density at radius 1 is 0.809 bits per heavy atom. The first-order valence-electron chi connectivity index (χ1n) is 17.6. The molecule has 0 aromatic rings. The molecule has 3 amide bonds. The van der Waals surface area contributed by atoms with Gasteiger partial charge in [-0.25, -0.2) is 0 Å². The summed E-state index contributed by atoms with van der Waals surface area (Å²) in [6.07, 6.45) is 19.3. The predicted octanol–water partition coefficient (Wildman–Crippen LogP) is 6.08. The Kier molecular flexibility index (Phi) is 12.8. The van der Waals surface area contributed by atoms with Gasteiger partial charge in [-0.3, -0.25) is 28.8 Å². The summed E-state index contributed by atoms with van der Waals surface area (Å²) < 4.78 is 0. The first-order chi connectivity index (χ1) is 22.2. The molecule has 7 aliphatic rings. The van der Waals surface area contributed by atoms with Crippen LogP contribution in [0.25, 0.3) is 0 Å². The number of unbranched alkanes of at least 4 members (excludes halogenated alkanes) is 1. The minimum absolute atomic E-state index is 0. The van der Waals surface area contributed by atoms with Crippen LogP contribution >= 0.6 is 15.9 Å². The van der Waals surface area contributed by atoms with Crippen LogP contribution in [0.2, 0.25) is 0 Å². The van der Waals surface area contributed by atoms with E-state index in [1.807, 2.05) is 15.9 Å². The van der Waals surface area contributed by atoms with Crippen molar-refractivity contribution in [3.05, 3.63) is 24.4 Å². The Balaban J connectivity index is 0.000000158. The van der Waals surface area contributed by atoms with E-state index in [0.717, 1.165) is 89.0 Å². The van der Waals surface area contributed by atoms with Crippen LogP contribution in [-0.4, -0.2) is 85.8 Å². The zero-order chi connectivity index (χ0) is 32.9. The van der Waals surface area contributed by atoms with Crippen molar-refractivity contribution >= 4 is 51.0 Å². The number of carbonyl (C=O) groups is 6. The van der Waals surface area contributed by atoms with Crippen molar-refractivity contribution in [3.63, 3.8) is 0 Å². The maximum Gasteiger partial charge on any atom is 0.250 e. The quantitative estimate of drug-likeness (QED) is 0.187. The summed E-state index contributed by atoms with van der Waals surface area (Å²) in [7, 11) is 0. The number of Topliss-reactive ketones (excluding diaryl/α,β-unsaturated/α-hetero) is 3. The number of nitrogens with zero attached hydrogens (tertiary/aromatic N) is 3. The number of ketones is 3. The van der Waals surface area contributed by atoms with Crippen molar-refractivity contribution in [1.82, 2.24) is 14.7 Å². The van der Waals surface area contributed by atoms with Gasteiger partial charge in [0.15, 0.2) is 17.3 Å². The first-order valence-corrected chi connectivity index (χ1v) is 18.7. The smallest absolute Gasteiger partial charge is 0.250 e. The van der Waals surface area contributed by atoms with Crippen LogP contribution in [0, 0.1) is 11.8 Å². The lowest BCUT2D eigenvalue weighted by molar-refractivity contribution is -0.139. The lowest BCUT2D eigenvalue weighted by Crippen LogP contribution is -2.52. The van der Waals surface area contributed by atoms with Gasteiger partial charge in [-0.05, 0) is 88.5 Å². The van der Waals surface area contributed by atoms with Gasteiger partial charge >= 0.3 is 0 Å². The first kappa shape index (κ1) is 37.2. The zero-order valence-electron chi connectivity index (χ0n) is 27.2. The molecule has 0 radical (unpaired) electrons. The lowest BCUT2D eigenvalue weighted by atomic mass is 9.82. The minimum atomic E-state index is -0.340. The highest BCUT2D eigenvalue weighted by Crippen LogP contribution is 2.50. The molecule has 0 N–H and O–H groups in total. The molecule has 9 nitrogen and oxygen atoms in total. The highest BCUT2D eigenvalue weighted by molar-refractivity contribution is 9.09. The second-order valence-electron chi connectivity index (χ2n) is 13.9. The van der Waals surface area contributed by atoms with E-state index in [4.69, 9.17) is 0 Å². The lowest BCUT2D eigenvalue weighted by Gasteiger charge is -2.36. The van der Waals surface area contributed by atoms with E-state index in [9.17, 15) is 28.8 Å².